The summed E-state index contributed by atoms with van der Waals surface area (Å²) >= 11 is 10.4. The number of fused-ring (bicyclic) bond motifs is 4. The molecular formula is C83H82Br3F3N22O7+4. The van der Waals surface area contributed by atoms with Crippen LogP contribution in [0.5, 0.6) is 17.6 Å². The number of ether oxygens (including phenoxy) is 3. The van der Waals surface area contributed by atoms with E-state index >= 15 is 0 Å². The number of benzene rings is 4. The molecule has 16 aromatic rings. The van der Waals surface area contributed by atoms with Gasteiger partial charge in [0.1, 0.15) is 46.9 Å². The molecule has 0 saturated heterocycles. The third-order valence-corrected chi connectivity index (χ3v) is 19.8. The number of aryl methyl sites for hydroxylation is 1. The van der Waals surface area contributed by atoms with E-state index in [-0.39, 0.29) is 23.6 Å². The molecule has 16 rings (SSSR count). The highest BCUT2D eigenvalue weighted by molar-refractivity contribution is 9.11. The van der Waals surface area contributed by atoms with Crippen molar-refractivity contribution in [1.29, 1.82) is 0 Å². The van der Waals surface area contributed by atoms with Gasteiger partial charge >= 0.3 is 23.5 Å². The molecule has 0 spiro atoms. The van der Waals surface area contributed by atoms with Gasteiger partial charge in [0.25, 0.3) is 0 Å². The number of likely N-dealkylation sites (N-methyl/N-ethyl adjacent to an activating group) is 1. The molecule has 12 aromatic heterocycles. The van der Waals surface area contributed by atoms with E-state index in [4.69, 9.17) is 19.2 Å². The van der Waals surface area contributed by atoms with Crippen molar-refractivity contribution < 1.29 is 67.1 Å². The summed E-state index contributed by atoms with van der Waals surface area (Å²) in [5.74, 6) is 3.40. The van der Waals surface area contributed by atoms with Crippen molar-refractivity contribution in [1.82, 2.24) is 63.3 Å². The molecule has 0 aliphatic rings. The van der Waals surface area contributed by atoms with Gasteiger partial charge in [0.05, 0.1) is 106 Å². The number of halogens is 6. The van der Waals surface area contributed by atoms with Crippen molar-refractivity contribution in [3.63, 3.8) is 0 Å². The number of hydrogen-bond acceptors (Lipinski definition) is 21. The van der Waals surface area contributed by atoms with Crippen LogP contribution in [-0.4, -0.2) is 132 Å². The predicted molar refractivity (Wildman–Crippen MR) is 447 cm³/mol. The summed E-state index contributed by atoms with van der Waals surface area (Å²) in [7, 11) is 7.00. The van der Waals surface area contributed by atoms with Gasteiger partial charge in [0, 0.05) is 127 Å². The Morgan fingerprint density at radius 3 is 1.14 bits per heavy atom. The molecule has 0 bridgehead atoms. The van der Waals surface area contributed by atoms with Gasteiger partial charge in [-0.1, -0.05) is 78.4 Å². The van der Waals surface area contributed by atoms with Crippen LogP contribution < -0.4 is 59.7 Å². The molecule has 0 atom stereocenters. The fourth-order valence-electron chi connectivity index (χ4n) is 12.2. The second-order valence-corrected chi connectivity index (χ2v) is 29.6. The minimum absolute atomic E-state index is 0.0486. The van der Waals surface area contributed by atoms with Crippen molar-refractivity contribution in [3.8, 4) is 62.7 Å². The summed E-state index contributed by atoms with van der Waals surface area (Å²) < 4.78 is 71.4. The number of rotatable bonds is 25. The number of pyridine rings is 4. The molecule has 0 radical (unpaired) electrons. The zero-order valence-corrected chi connectivity index (χ0v) is 69.5. The lowest BCUT2D eigenvalue weighted by Crippen LogP contribution is -2.36. The number of nitrogens with zero attached hydrogens (tertiary/aromatic N) is 17. The highest BCUT2D eigenvalue weighted by Gasteiger charge is 2.23. The van der Waals surface area contributed by atoms with E-state index in [9.17, 15) is 34.0 Å². The Hall–Kier alpha value is -13.3. The van der Waals surface area contributed by atoms with Crippen LogP contribution in [-0.2, 0) is 32.6 Å². The molecule has 35 heteroatoms. The summed E-state index contributed by atoms with van der Waals surface area (Å²) in [5, 5.41) is 74.2. The fraction of sp³-hybridized carbons (Fsp3) is 0.181. The number of nitrogens with one attached hydrogen (secondary N) is 5. The van der Waals surface area contributed by atoms with Gasteiger partial charge in [-0.3, -0.25) is 20.9 Å². The largest absolute Gasteiger partial charge is 0.445 e. The van der Waals surface area contributed by atoms with Gasteiger partial charge in [-0.05, 0) is 143 Å². The van der Waals surface area contributed by atoms with E-state index in [1.165, 1.54) is 32.4 Å². The van der Waals surface area contributed by atoms with E-state index in [0.717, 1.165) is 93.4 Å². The second-order valence-electron chi connectivity index (χ2n) is 27.0. The van der Waals surface area contributed by atoms with Gasteiger partial charge in [-0.25, -0.2) is 33.1 Å². The molecule has 0 amide bonds. The second kappa shape index (κ2) is 38.0. The Kier molecular flexibility index (Phi) is 26.6. The molecule has 0 aliphatic heterocycles. The Morgan fingerprint density at radius 1 is 0.424 bits per heavy atom. The highest BCUT2D eigenvalue weighted by atomic mass is 79.9. The van der Waals surface area contributed by atoms with Crippen LogP contribution in [0.2, 0.25) is 0 Å². The van der Waals surface area contributed by atoms with E-state index in [0.29, 0.717) is 127 Å². The van der Waals surface area contributed by atoms with E-state index in [2.05, 4.69) is 115 Å². The number of aromatic nitrogens is 16. The van der Waals surface area contributed by atoms with Crippen LogP contribution in [0.3, 0.4) is 0 Å². The van der Waals surface area contributed by atoms with Gasteiger partial charge in [-0.15, -0.1) is 0 Å². The van der Waals surface area contributed by atoms with Crippen molar-refractivity contribution in [3.05, 3.63) is 284 Å². The van der Waals surface area contributed by atoms with Crippen LogP contribution in [0, 0.1) is 17.5 Å². The van der Waals surface area contributed by atoms with Crippen LogP contribution in [0.4, 0.5) is 42.3 Å². The van der Waals surface area contributed by atoms with Gasteiger partial charge < -0.3 is 45.6 Å². The lowest BCUT2D eigenvalue weighted by molar-refractivity contribution is -0.906. The third-order valence-electron chi connectivity index (χ3n) is 18.1. The average molecular weight is 1800 g/mol. The predicted octanol–water partition coefficient (Wildman–Crippen LogP) is 14.2. The quantitative estimate of drug-likeness (QED) is 0.0190. The molecule has 0 unspecified atom stereocenters. The Morgan fingerprint density at radius 2 is 0.771 bits per heavy atom. The number of methoxy groups -OCH3 is 2. The summed E-state index contributed by atoms with van der Waals surface area (Å²) in [5.41, 5.74) is 11.5. The first-order valence-electron chi connectivity index (χ1n) is 36.9. The Labute approximate surface area is 699 Å². The standard InChI is InChI=1S/C22H24BrN7O.C21H20BrFN5O2.C21H21FN5O2.C19H16BrFN5O2/c1-28(2)11-10-24-20-9-8-16(15-29(20)31)13-25-21-12-19(17-6-4-3-5-7-17)27-22-18(23)14-26-30(21)22;1-13(2)30-20-8-7-14(12-27(20)29)10-24-19-9-18(15-5-3-4-6-17(15)23)26-21-16(22)11-25-28(19)21;1-3-15-12-24-27-19(23-11-14-8-9-20(29-2)26(28)13-14)10-18(25-21(15)27)16-6-4-5-7-17(16)22;1-28-18-7-6-12(11-25(18)27)9-22-17-8-16(13-4-2-3-5-15(13)21)24-19-14(20)10-23-26(17)19/h3-9,12,14-15,31H,10-11,13H2,1-2H3,(H,25,26,27);3-9,11-13,24,29H,10H2,1-2H3;4-10,12-13,23,28H,3,11H2,1-2H3;2-8,10-11,22,27H,9H2,1H3/q;3*+1/p+1. The van der Waals surface area contributed by atoms with Crippen LogP contribution in [0.15, 0.2) is 239 Å². The zero-order valence-electron chi connectivity index (χ0n) is 64.8. The molecule has 118 heavy (non-hydrogen) atoms. The first-order chi connectivity index (χ1) is 57.1. The molecule has 12 heterocycles. The summed E-state index contributed by atoms with van der Waals surface area (Å²) in [6.45, 7) is 9.16. The first kappa shape index (κ1) is 82.7. The minimum atomic E-state index is -0.350. The minimum Gasteiger partial charge on any atom is -0.445 e. The van der Waals surface area contributed by atoms with E-state index in [1.54, 1.807) is 159 Å². The van der Waals surface area contributed by atoms with Crippen LogP contribution in [0.1, 0.15) is 48.6 Å². The average Bonchev–Trinajstić information content (AvgIpc) is 1.62. The van der Waals surface area contributed by atoms with Crippen molar-refractivity contribution >= 4 is 99.5 Å². The third kappa shape index (κ3) is 19.8. The van der Waals surface area contributed by atoms with E-state index in [1.807, 2.05) is 102 Å². The van der Waals surface area contributed by atoms with E-state index < -0.39 is 0 Å². The monoisotopic (exact) mass is 1790 g/mol. The Balaban J connectivity index is 0.000000136. The molecular weight excluding hydrogens is 1710 g/mol. The maximum atomic E-state index is 14.4. The molecule has 604 valence electrons. The SMILES string of the molecule is CC(C)Oc1ccc(CNc2cc(-c3ccccc3F)nc3c(Br)cnn23)c[n+]1O.CCc1cnn2c(NCc3ccc(OC)[n+](O)c3)cc(-c3ccccc3F)nc12.CN(C)CCNc1ccc(CNc2cc(-c3ccccc3)nc3c(Br)cnn23)c[n+]1O.COc1ccc(CNc2cc(-c3ccccc3F)nc3c(Br)cnn23)c[n+]1O. The maximum absolute atomic E-state index is 14.4. The zero-order chi connectivity index (χ0) is 83.1. The van der Waals surface area contributed by atoms with Crippen molar-refractivity contribution in [2.24, 2.45) is 0 Å². The summed E-state index contributed by atoms with van der Waals surface area (Å²) in [6.07, 6.45) is 13.9. The lowest BCUT2D eigenvalue weighted by atomic mass is 10.1. The number of anilines is 5. The molecule has 29 nitrogen and oxygen atoms in total. The fourth-order valence-corrected chi connectivity index (χ4v) is 13.3. The molecule has 0 saturated carbocycles. The summed E-state index contributed by atoms with van der Waals surface area (Å²) in [6, 6.07) is 51.2. The van der Waals surface area contributed by atoms with Crippen molar-refractivity contribution in [2.75, 3.05) is 68.0 Å². The topological polar surface area (TPSA) is 308 Å². The lowest BCUT2D eigenvalue weighted by Gasteiger charge is -2.11. The van der Waals surface area contributed by atoms with Gasteiger partial charge in [0.15, 0.2) is 22.6 Å². The van der Waals surface area contributed by atoms with Gasteiger partial charge in [0.2, 0.25) is 18.6 Å². The molecule has 0 aliphatic carbocycles. The first-order valence-corrected chi connectivity index (χ1v) is 39.3. The normalized spacial score (nSPS) is 11.1. The van der Waals surface area contributed by atoms with Gasteiger partial charge in [-0.2, -0.15) is 38.5 Å². The number of hydrogen-bond donors (Lipinski definition) is 9. The van der Waals surface area contributed by atoms with Crippen LogP contribution in [0.25, 0.3) is 67.6 Å². The maximum Gasteiger partial charge on any atom is 0.416 e. The molecule has 0 fully saturated rings. The van der Waals surface area contributed by atoms with Crippen LogP contribution >= 0.6 is 47.8 Å². The smallest absolute Gasteiger partial charge is 0.416 e. The molecule has 9 N–H and O–H groups in total. The van der Waals surface area contributed by atoms with Crippen molar-refractivity contribution in [2.45, 2.75) is 59.5 Å². The highest BCUT2D eigenvalue weighted by Crippen LogP contribution is 2.33. The Bertz CT molecular complexity index is 6220. The summed E-state index contributed by atoms with van der Waals surface area (Å²) in [4.78, 5) is 20.6. The molecule has 4 aromatic carbocycles.